The van der Waals surface area contributed by atoms with Crippen LogP contribution in [0.15, 0.2) is 0 Å². The Kier molecular flexibility index (Phi) is 7.67. The summed E-state index contributed by atoms with van der Waals surface area (Å²) >= 11 is 0. The van der Waals surface area contributed by atoms with Gasteiger partial charge in [-0.15, -0.1) is 0 Å². The summed E-state index contributed by atoms with van der Waals surface area (Å²) in [5.41, 5.74) is -0.508. The molecule has 4 nitrogen and oxygen atoms in total. The van der Waals surface area contributed by atoms with E-state index in [0.29, 0.717) is 6.04 Å². The zero-order chi connectivity index (χ0) is 15.9. The summed E-state index contributed by atoms with van der Waals surface area (Å²) in [5.74, 6) is 0.639. The van der Waals surface area contributed by atoms with Gasteiger partial charge in [0.05, 0.1) is 7.11 Å². The molecule has 1 aliphatic carbocycles. The normalized spacial score (nSPS) is 18.0. The van der Waals surface area contributed by atoms with Crippen molar-refractivity contribution in [3.8, 4) is 0 Å². The fourth-order valence-corrected chi connectivity index (χ4v) is 2.59. The van der Waals surface area contributed by atoms with Crippen molar-refractivity contribution in [2.45, 2.75) is 70.9 Å². The molecule has 0 spiro atoms. The molecular formula is C17H34N2O2. The van der Waals surface area contributed by atoms with Crippen LogP contribution in [-0.4, -0.2) is 49.7 Å². The van der Waals surface area contributed by atoms with Crippen molar-refractivity contribution in [1.82, 2.24) is 10.2 Å². The highest BCUT2D eigenvalue weighted by Crippen LogP contribution is 2.26. The number of methoxy groups -OCH3 is 1. The van der Waals surface area contributed by atoms with E-state index in [-0.39, 0.29) is 5.97 Å². The van der Waals surface area contributed by atoms with Gasteiger partial charge in [0, 0.05) is 6.04 Å². The highest BCUT2D eigenvalue weighted by atomic mass is 16.5. The molecule has 0 aromatic heterocycles. The third-order valence-electron chi connectivity index (χ3n) is 4.29. The van der Waals surface area contributed by atoms with Crippen LogP contribution in [0.1, 0.15) is 59.3 Å². The number of hydrogen-bond acceptors (Lipinski definition) is 4. The average molecular weight is 298 g/mol. The lowest BCUT2D eigenvalue weighted by Crippen LogP contribution is -2.51. The number of carbonyl (C=O) groups excluding carboxylic acids is 1. The molecule has 1 aliphatic rings. The molecule has 0 saturated heterocycles. The van der Waals surface area contributed by atoms with Gasteiger partial charge >= 0.3 is 5.97 Å². The minimum Gasteiger partial charge on any atom is -0.468 e. The Balaban J connectivity index is 2.25. The van der Waals surface area contributed by atoms with Gasteiger partial charge in [0.25, 0.3) is 0 Å². The molecule has 1 rings (SSSR count). The van der Waals surface area contributed by atoms with E-state index < -0.39 is 5.54 Å². The molecule has 0 amide bonds. The lowest BCUT2D eigenvalue weighted by Gasteiger charge is -2.28. The van der Waals surface area contributed by atoms with Crippen LogP contribution in [0.25, 0.3) is 0 Å². The van der Waals surface area contributed by atoms with Crippen LogP contribution in [0, 0.1) is 5.92 Å². The molecule has 1 saturated carbocycles. The van der Waals surface area contributed by atoms with E-state index in [2.05, 4.69) is 31.1 Å². The maximum Gasteiger partial charge on any atom is 0.325 e. The van der Waals surface area contributed by atoms with Gasteiger partial charge in [0.1, 0.15) is 5.54 Å². The smallest absolute Gasteiger partial charge is 0.325 e. The quantitative estimate of drug-likeness (QED) is 0.470. The molecule has 21 heavy (non-hydrogen) atoms. The number of nitrogens with one attached hydrogen (secondary N) is 1. The second kappa shape index (κ2) is 8.74. The average Bonchev–Trinajstić information content (AvgIpc) is 3.24. The van der Waals surface area contributed by atoms with Gasteiger partial charge in [0.15, 0.2) is 0 Å². The van der Waals surface area contributed by atoms with Gasteiger partial charge in [-0.05, 0) is 71.5 Å². The largest absolute Gasteiger partial charge is 0.468 e. The number of rotatable bonds is 11. The molecule has 0 aromatic carbocycles. The van der Waals surface area contributed by atoms with Crippen LogP contribution in [-0.2, 0) is 9.53 Å². The highest BCUT2D eigenvalue weighted by molar-refractivity contribution is 5.80. The van der Waals surface area contributed by atoms with Crippen molar-refractivity contribution in [2.24, 2.45) is 5.92 Å². The van der Waals surface area contributed by atoms with Crippen LogP contribution in [0.2, 0.25) is 0 Å². The van der Waals surface area contributed by atoms with E-state index in [4.69, 9.17) is 4.74 Å². The van der Waals surface area contributed by atoms with Crippen LogP contribution in [0.3, 0.4) is 0 Å². The van der Waals surface area contributed by atoms with Crippen LogP contribution < -0.4 is 5.32 Å². The molecule has 1 fully saturated rings. The predicted molar refractivity (Wildman–Crippen MR) is 87.4 cm³/mol. The SMILES string of the molecule is COC(=O)C(C)(CCCCN(C)CCC(C)C)NC1CC1. The van der Waals surface area contributed by atoms with Gasteiger partial charge in [-0.1, -0.05) is 13.8 Å². The first-order valence-electron chi connectivity index (χ1n) is 8.42. The van der Waals surface area contributed by atoms with Crippen molar-refractivity contribution < 1.29 is 9.53 Å². The Bertz CT molecular complexity index is 316. The molecule has 124 valence electrons. The van der Waals surface area contributed by atoms with E-state index in [1.807, 2.05) is 6.92 Å². The number of nitrogens with zero attached hydrogens (tertiary/aromatic N) is 1. The molecule has 0 aromatic rings. The summed E-state index contributed by atoms with van der Waals surface area (Å²) in [6, 6.07) is 0.516. The second-order valence-corrected chi connectivity index (χ2v) is 7.19. The molecule has 0 radical (unpaired) electrons. The molecule has 0 bridgehead atoms. The van der Waals surface area contributed by atoms with Gasteiger partial charge in [-0.2, -0.15) is 0 Å². The lowest BCUT2D eigenvalue weighted by molar-refractivity contribution is -0.148. The predicted octanol–water partition coefficient (Wildman–Crippen LogP) is 2.82. The van der Waals surface area contributed by atoms with Crippen molar-refractivity contribution in [2.75, 3.05) is 27.2 Å². The number of esters is 1. The Morgan fingerprint density at radius 3 is 2.52 bits per heavy atom. The molecular weight excluding hydrogens is 264 g/mol. The first-order valence-corrected chi connectivity index (χ1v) is 8.42. The van der Waals surface area contributed by atoms with E-state index in [0.717, 1.165) is 38.3 Å². The first-order chi connectivity index (χ1) is 9.87. The summed E-state index contributed by atoms with van der Waals surface area (Å²) < 4.78 is 4.98. The third kappa shape index (κ3) is 7.28. The highest BCUT2D eigenvalue weighted by Gasteiger charge is 2.38. The molecule has 4 heteroatoms. The van der Waals surface area contributed by atoms with E-state index in [1.165, 1.54) is 26.4 Å². The number of carbonyl (C=O) groups is 1. The van der Waals surface area contributed by atoms with Crippen LogP contribution in [0.5, 0.6) is 0 Å². The minimum absolute atomic E-state index is 0.123. The Morgan fingerprint density at radius 1 is 1.33 bits per heavy atom. The van der Waals surface area contributed by atoms with Gasteiger partial charge in [-0.3, -0.25) is 10.1 Å². The fourth-order valence-electron chi connectivity index (χ4n) is 2.59. The van der Waals surface area contributed by atoms with Crippen molar-refractivity contribution in [1.29, 1.82) is 0 Å². The molecule has 1 N–H and O–H groups in total. The standard InChI is InChI=1S/C17H34N2O2/c1-14(2)10-13-19(4)12-7-6-11-17(3,16(20)21-5)18-15-8-9-15/h14-15,18H,6-13H2,1-5H3. The van der Waals surface area contributed by atoms with E-state index in [9.17, 15) is 4.79 Å². The lowest BCUT2D eigenvalue weighted by atomic mass is 9.94. The topological polar surface area (TPSA) is 41.6 Å². The maximum atomic E-state index is 12.0. The summed E-state index contributed by atoms with van der Waals surface area (Å²) in [4.78, 5) is 14.4. The molecule has 1 unspecified atom stereocenters. The zero-order valence-electron chi connectivity index (χ0n) is 14.6. The summed E-state index contributed by atoms with van der Waals surface area (Å²) in [7, 11) is 3.67. The Hall–Kier alpha value is -0.610. The number of unbranched alkanes of at least 4 members (excludes halogenated alkanes) is 1. The molecule has 0 aliphatic heterocycles. The van der Waals surface area contributed by atoms with E-state index in [1.54, 1.807) is 0 Å². The number of hydrogen-bond donors (Lipinski definition) is 1. The summed E-state index contributed by atoms with van der Waals surface area (Å²) in [6.07, 6.45) is 6.66. The summed E-state index contributed by atoms with van der Waals surface area (Å²) in [5, 5.41) is 3.46. The fraction of sp³-hybridized carbons (Fsp3) is 0.941. The Labute approximate surface area is 130 Å². The van der Waals surface area contributed by atoms with E-state index >= 15 is 0 Å². The van der Waals surface area contributed by atoms with Gasteiger partial charge in [-0.25, -0.2) is 0 Å². The van der Waals surface area contributed by atoms with Crippen molar-refractivity contribution in [3.05, 3.63) is 0 Å². The molecule has 0 heterocycles. The molecule has 1 atom stereocenters. The van der Waals surface area contributed by atoms with Crippen molar-refractivity contribution >= 4 is 5.97 Å². The maximum absolute atomic E-state index is 12.0. The Morgan fingerprint density at radius 2 is 2.00 bits per heavy atom. The second-order valence-electron chi connectivity index (χ2n) is 7.19. The third-order valence-corrected chi connectivity index (χ3v) is 4.29. The van der Waals surface area contributed by atoms with Crippen molar-refractivity contribution in [3.63, 3.8) is 0 Å². The van der Waals surface area contributed by atoms with Gasteiger partial charge in [0.2, 0.25) is 0 Å². The first kappa shape index (κ1) is 18.4. The number of ether oxygens (including phenoxy) is 1. The van der Waals surface area contributed by atoms with Gasteiger partial charge < -0.3 is 9.64 Å². The minimum atomic E-state index is -0.508. The van der Waals surface area contributed by atoms with Crippen LogP contribution in [0.4, 0.5) is 0 Å². The zero-order valence-corrected chi connectivity index (χ0v) is 14.6. The monoisotopic (exact) mass is 298 g/mol. The summed E-state index contributed by atoms with van der Waals surface area (Å²) in [6.45, 7) is 8.78. The van der Waals surface area contributed by atoms with Crippen LogP contribution >= 0.6 is 0 Å².